The number of thioether (sulfide) groups is 1. The van der Waals surface area contributed by atoms with Crippen molar-refractivity contribution < 1.29 is 19.0 Å². The maximum absolute atomic E-state index is 12.9. The van der Waals surface area contributed by atoms with Gasteiger partial charge in [-0.1, -0.05) is 41.6 Å². The van der Waals surface area contributed by atoms with Crippen molar-refractivity contribution in [2.24, 2.45) is 0 Å². The number of rotatable bonds is 11. The quantitative estimate of drug-likeness (QED) is 0.190. The Morgan fingerprint density at radius 3 is 2.38 bits per heavy atom. The highest BCUT2D eigenvalue weighted by molar-refractivity contribution is 7.99. The van der Waals surface area contributed by atoms with E-state index in [1.165, 1.54) is 11.8 Å². The zero-order valence-corrected chi connectivity index (χ0v) is 24.3. The molecular formula is C28H34ClN5O4S. The number of benzene rings is 2. The van der Waals surface area contributed by atoms with Crippen LogP contribution in [-0.4, -0.2) is 87.6 Å². The number of hydrogen-bond donors (Lipinski definition) is 0. The molecule has 0 atom stereocenters. The molecule has 1 aliphatic rings. The first-order valence-electron chi connectivity index (χ1n) is 12.7. The fourth-order valence-corrected chi connectivity index (χ4v) is 5.38. The Labute approximate surface area is 239 Å². The van der Waals surface area contributed by atoms with E-state index in [0.717, 1.165) is 36.5 Å². The number of likely N-dealkylation sites (N-methyl/N-ethyl adjacent to an activating group) is 1. The van der Waals surface area contributed by atoms with Crippen LogP contribution in [0.5, 0.6) is 17.2 Å². The first-order valence-corrected chi connectivity index (χ1v) is 14.0. The van der Waals surface area contributed by atoms with E-state index >= 15 is 0 Å². The predicted molar refractivity (Wildman–Crippen MR) is 156 cm³/mol. The second kappa shape index (κ2) is 13.6. The molecule has 1 fully saturated rings. The van der Waals surface area contributed by atoms with Crippen LogP contribution >= 0.6 is 23.4 Å². The summed E-state index contributed by atoms with van der Waals surface area (Å²) in [6.07, 6.45) is 0.778. The second-order valence-electron chi connectivity index (χ2n) is 9.02. The van der Waals surface area contributed by atoms with Gasteiger partial charge in [0.05, 0.1) is 32.8 Å². The fourth-order valence-electron chi connectivity index (χ4n) is 4.40. The standard InChI is InChI=1S/C28H34ClN5O4S/c1-32(12-11-20-9-10-23(37-3)24(17-20)38-4)26-18-25(29)30-28(31-26)39-19-27(35)34-15-13-33(14-16-34)21-7-5-6-8-22(21)36-2/h5-10,17-18H,11-16,19H2,1-4H3. The number of methoxy groups -OCH3 is 3. The Bertz CT molecular complexity index is 1270. The first kappa shape index (κ1) is 28.6. The van der Waals surface area contributed by atoms with Gasteiger partial charge >= 0.3 is 0 Å². The number of nitrogens with zero attached hydrogens (tertiary/aromatic N) is 5. The Balaban J connectivity index is 1.30. The number of aromatic nitrogens is 2. The molecule has 2 aromatic carbocycles. The van der Waals surface area contributed by atoms with E-state index < -0.39 is 0 Å². The molecule has 2 heterocycles. The summed E-state index contributed by atoms with van der Waals surface area (Å²) in [6.45, 7) is 3.51. The Hall–Kier alpha value is -3.37. The molecule has 1 aromatic heterocycles. The van der Waals surface area contributed by atoms with Gasteiger partial charge in [0.15, 0.2) is 16.7 Å². The number of ether oxygens (including phenoxy) is 3. The second-order valence-corrected chi connectivity index (χ2v) is 10.4. The van der Waals surface area contributed by atoms with Crippen LogP contribution < -0.4 is 24.0 Å². The highest BCUT2D eigenvalue weighted by Crippen LogP contribution is 2.30. The van der Waals surface area contributed by atoms with Crippen molar-refractivity contribution in [2.75, 3.05) is 76.7 Å². The molecule has 11 heteroatoms. The zero-order valence-electron chi connectivity index (χ0n) is 22.7. The van der Waals surface area contributed by atoms with E-state index in [-0.39, 0.29) is 11.7 Å². The van der Waals surface area contributed by atoms with Gasteiger partial charge < -0.3 is 28.9 Å². The molecule has 0 bridgehead atoms. The smallest absolute Gasteiger partial charge is 0.233 e. The first-order chi connectivity index (χ1) is 18.9. The van der Waals surface area contributed by atoms with Gasteiger partial charge in [-0.15, -0.1) is 0 Å². The summed E-state index contributed by atoms with van der Waals surface area (Å²) in [6, 6.07) is 15.6. The fraction of sp³-hybridized carbons (Fsp3) is 0.393. The van der Waals surface area contributed by atoms with Crippen molar-refractivity contribution in [1.29, 1.82) is 0 Å². The van der Waals surface area contributed by atoms with Crippen molar-refractivity contribution in [1.82, 2.24) is 14.9 Å². The molecule has 0 aliphatic carbocycles. The third-order valence-corrected chi connectivity index (χ3v) is 7.64. The van der Waals surface area contributed by atoms with E-state index in [1.54, 1.807) is 27.4 Å². The topological polar surface area (TPSA) is 80.3 Å². The monoisotopic (exact) mass is 571 g/mol. The zero-order chi connectivity index (χ0) is 27.8. The molecule has 9 nitrogen and oxygen atoms in total. The van der Waals surface area contributed by atoms with Crippen LogP contribution in [0.1, 0.15) is 5.56 Å². The molecule has 4 rings (SSSR count). The molecule has 1 amide bonds. The van der Waals surface area contributed by atoms with E-state index in [9.17, 15) is 4.79 Å². The van der Waals surface area contributed by atoms with Crippen LogP contribution in [0.25, 0.3) is 0 Å². The SMILES string of the molecule is COc1ccc(CCN(C)c2cc(Cl)nc(SCC(=O)N3CCN(c4ccccc4OC)CC3)n2)cc1OC. The Morgan fingerprint density at radius 1 is 0.949 bits per heavy atom. The van der Waals surface area contributed by atoms with E-state index in [1.807, 2.05) is 59.3 Å². The molecule has 0 unspecified atom stereocenters. The van der Waals surface area contributed by atoms with Crippen LogP contribution in [0.3, 0.4) is 0 Å². The lowest BCUT2D eigenvalue weighted by Crippen LogP contribution is -2.49. The minimum Gasteiger partial charge on any atom is -0.495 e. The lowest BCUT2D eigenvalue weighted by atomic mass is 10.1. The van der Waals surface area contributed by atoms with Gasteiger partial charge in [-0.2, -0.15) is 0 Å². The number of amides is 1. The van der Waals surface area contributed by atoms with Crippen molar-refractivity contribution >= 4 is 40.8 Å². The predicted octanol–water partition coefficient (Wildman–Crippen LogP) is 4.28. The molecule has 1 aliphatic heterocycles. The highest BCUT2D eigenvalue weighted by Gasteiger charge is 2.23. The molecule has 1 saturated heterocycles. The summed E-state index contributed by atoms with van der Waals surface area (Å²) >= 11 is 7.62. The maximum atomic E-state index is 12.9. The molecule has 0 radical (unpaired) electrons. The molecule has 0 saturated carbocycles. The number of halogens is 1. The van der Waals surface area contributed by atoms with E-state index in [0.29, 0.717) is 47.3 Å². The summed E-state index contributed by atoms with van der Waals surface area (Å²) in [5.41, 5.74) is 2.17. The summed E-state index contributed by atoms with van der Waals surface area (Å²) in [5.74, 6) is 3.26. The van der Waals surface area contributed by atoms with Gasteiger partial charge in [0.1, 0.15) is 16.7 Å². The lowest BCUT2D eigenvalue weighted by molar-refractivity contribution is -0.128. The Kier molecular flexibility index (Phi) is 10.00. The summed E-state index contributed by atoms with van der Waals surface area (Å²) in [4.78, 5) is 28.1. The lowest BCUT2D eigenvalue weighted by Gasteiger charge is -2.36. The molecule has 0 N–H and O–H groups in total. The van der Waals surface area contributed by atoms with E-state index in [2.05, 4.69) is 14.9 Å². The third-order valence-electron chi connectivity index (χ3n) is 6.62. The minimum atomic E-state index is 0.0617. The van der Waals surface area contributed by atoms with Gasteiger partial charge in [0.25, 0.3) is 0 Å². The summed E-state index contributed by atoms with van der Waals surface area (Å²) < 4.78 is 16.2. The number of carbonyl (C=O) groups excluding carboxylic acids is 1. The summed E-state index contributed by atoms with van der Waals surface area (Å²) in [7, 11) is 6.88. The van der Waals surface area contributed by atoms with Crippen LogP contribution in [0, 0.1) is 0 Å². The number of para-hydroxylation sites is 2. The average Bonchev–Trinajstić information content (AvgIpc) is 2.98. The summed E-state index contributed by atoms with van der Waals surface area (Å²) in [5, 5.41) is 0.829. The van der Waals surface area contributed by atoms with Gasteiger partial charge in [-0.3, -0.25) is 4.79 Å². The molecule has 208 valence electrons. The van der Waals surface area contributed by atoms with Gasteiger partial charge in [-0.25, -0.2) is 9.97 Å². The molecule has 3 aromatic rings. The highest BCUT2D eigenvalue weighted by atomic mass is 35.5. The van der Waals surface area contributed by atoms with E-state index in [4.69, 9.17) is 25.8 Å². The van der Waals surface area contributed by atoms with Crippen molar-refractivity contribution in [3.63, 3.8) is 0 Å². The average molecular weight is 572 g/mol. The molecule has 0 spiro atoms. The van der Waals surface area contributed by atoms with Gasteiger partial charge in [0, 0.05) is 45.8 Å². The normalized spacial score (nSPS) is 13.3. The molecule has 39 heavy (non-hydrogen) atoms. The number of hydrogen-bond acceptors (Lipinski definition) is 9. The number of carbonyl (C=O) groups is 1. The van der Waals surface area contributed by atoms with Crippen LogP contribution in [-0.2, 0) is 11.2 Å². The number of anilines is 2. The van der Waals surface area contributed by atoms with Crippen LogP contribution in [0.4, 0.5) is 11.5 Å². The van der Waals surface area contributed by atoms with Gasteiger partial charge in [-0.05, 0) is 36.2 Å². The number of piperazine rings is 1. The third kappa shape index (κ3) is 7.39. The molecular weight excluding hydrogens is 538 g/mol. The van der Waals surface area contributed by atoms with Crippen molar-refractivity contribution in [3.8, 4) is 17.2 Å². The Morgan fingerprint density at radius 2 is 1.67 bits per heavy atom. The largest absolute Gasteiger partial charge is 0.495 e. The van der Waals surface area contributed by atoms with Crippen LogP contribution in [0.15, 0.2) is 53.7 Å². The minimum absolute atomic E-state index is 0.0617. The van der Waals surface area contributed by atoms with Crippen molar-refractivity contribution in [3.05, 3.63) is 59.2 Å². The van der Waals surface area contributed by atoms with Gasteiger partial charge in [0.2, 0.25) is 5.91 Å². The van der Waals surface area contributed by atoms with Crippen LogP contribution in [0.2, 0.25) is 5.15 Å². The maximum Gasteiger partial charge on any atom is 0.233 e. The van der Waals surface area contributed by atoms with Crippen molar-refractivity contribution in [2.45, 2.75) is 11.6 Å².